The molecule has 4 aromatic rings. The Morgan fingerprint density at radius 2 is 0.755 bits per heavy atom. The Morgan fingerprint density at radius 3 is 1.04 bits per heavy atom. The molecule has 0 saturated carbocycles. The largest absolute Gasteiger partial charge is 2.00 e. The number of benzene rings is 2. The first-order chi connectivity index (χ1) is 24.8. The summed E-state index contributed by atoms with van der Waals surface area (Å²) in [5, 5.41) is 17.3. The van der Waals surface area contributed by atoms with Gasteiger partial charge in [-0.15, -0.1) is 30.7 Å². The molecular formula is C30H40Cl2CuN8O12. The molecule has 20 nitrogen and oxygen atoms in total. The maximum atomic E-state index is 8.49. The Balaban J connectivity index is 0.000000783. The van der Waals surface area contributed by atoms with Crippen molar-refractivity contribution >= 4 is 0 Å². The minimum Gasteiger partial charge on any atom is -0.378 e. The molecule has 23 heteroatoms. The van der Waals surface area contributed by atoms with Crippen LogP contribution in [0, 0.1) is 20.5 Å². The topological polar surface area (TPSA) is 289 Å². The first-order valence-corrected chi connectivity index (χ1v) is 18.2. The van der Waals surface area contributed by atoms with E-state index < -0.39 is 20.5 Å². The molecule has 0 N–H and O–H groups in total. The molecule has 1 saturated heterocycles. The molecule has 1 radical (unpaired) electrons. The van der Waals surface area contributed by atoms with Crippen molar-refractivity contribution < 1.29 is 93.8 Å². The van der Waals surface area contributed by atoms with Crippen LogP contribution in [0.15, 0.2) is 73.1 Å². The molecule has 1 aliphatic rings. The standard InChI is InChI=1S/C30H40N8O4.2ClHO4.Cu/c1-3-7-29(8-4-1)37-25-27(31-33-37)23-35-11-15-39-19-21-41-17-13-36(14-18-42-22-20-40-16-12-35)24-28-26-38(34-32-28)30-9-5-2-6-10-30;2*2-1(3,4)5;/h1-10,25-26H,11-24H2;2*(H,2,3,4,5);/q;;;+2/p-2. The van der Waals surface area contributed by atoms with Gasteiger partial charge in [-0.25, -0.2) is 46.6 Å². The Bertz CT molecular complexity index is 1360. The zero-order chi connectivity index (χ0) is 37.7. The predicted molar refractivity (Wildman–Crippen MR) is 157 cm³/mol. The van der Waals surface area contributed by atoms with E-state index >= 15 is 0 Å². The van der Waals surface area contributed by atoms with Crippen molar-refractivity contribution in [1.82, 2.24) is 39.8 Å². The first-order valence-electron chi connectivity index (χ1n) is 15.8. The fraction of sp³-hybridized carbons (Fsp3) is 0.467. The van der Waals surface area contributed by atoms with Gasteiger partial charge in [0.1, 0.15) is 0 Å². The minimum absolute atomic E-state index is 0. The van der Waals surface area contributed by atoms with Gasteiger partial charge in [0.05, 0.1) is 88.0 Å². The number of para-hydroxylation sites is 2. The average molecular weight is 839 g/mol. The van der Waals surface area contributed by atoms with E-state index in [1.807, 2.05) is 73.1 Å². The minimum atomic E-state index is -4.94. The van der Waals surface area contributed by atoms with Crippen LogP contribution in [0.25, 0.3) is 11.4 Å². The molecule has 5 rings (SSSR count). The molecule has 0 amide bonds. The second-order valence-corrected chi connectivity index (χ2v) is 12.2. The molecule has 1 fully saturated rings. The summed E-state index contributed by atoms with van der Waals surface area (Å²) in [7, 11) is -9.89. The summed E-state index contributed by atoms with van der Waals surface area (Å²) in [6.45, 7) is 8.95. The van der Waals surface area contributed by atoms with E-state index in [0.29, 0.717) is 65.9 Å². The third kappa shape index (κ3) is 22.9. The van der Waals surface area contributed by atoms with Gasteiger partial charge in [-0.3, -0.25) is 9.80 Å². The van der Waals surface area contributed by atoms with Crippen LogP contribution < -0.4 is 37.3 Å². The molecule has 0 bridgehead atoms. The zero-order valence-corrected chi connectivity index (χ0v) is 30.8. The van der Waals surface area contributed by atoms with Gasteiger partial charge in [-0.05, 0) is 24.3 Å². The monoisotopic (exact) mass is 837 g/mol. The van der Waals surface area contributed by atoms with Crippen molar-refractivity contribution in [2.24, 2.45) is 0 Å². The summed E-state index contributed by atoms with van der Waals surface area (Å²) in [6.07, 6.45) is 3.94. The summed E-state index contributed by atoms with van der Waals surface area (Å²) in [5.74, 6) is 0. The van der Waals surface area contributed by atoms with Gasteiger partial charge >= 0.3 is 17.1 Å². The number of nitrogens with zero attached hydrogens (tertiary/aromatic N) is 8. The fourth-order valence-corrected chi connectivity index (χ4v) is 4.57. The fourth-order valence-electron chi connectivity index (χ4n) is 4.57. The molecular weight excluding hydrogens is 799 g/mol. The van der Waals surface area contributed by atoms with E-state index in [2.05, 4.69) is 30.4 Å². The molecule has 3 heterocycles. The van der Waals surface area contributed by atoms with E-state index in [-0.39, 0.29) is 17.1 Å². The van der Waals surface area contributed by atoms with Gasteiger partial charge in [-0.2, -0.15) is 0 Å². The van der Waals surface area contributed by atoms with Crippen LogP contribution in [0.3, 0.4) is 0 Å². The molecule has 0 spiro atoms. The maximum absolute atomic E-state index is 8.49. The van der Waals surface area contributed by atoms with Gasteiger partial charge in [0, 0.05) is 39.3 Å². The van der Waals surface area contributed by atoms with Crippen LogP contribution in [-0.4, -0.2) is 119 Å². The molecule has 2 aromatic heterocycles. The summed E-state index contributed by atoms with van der Waals surface area (Å²) in [4.78, 5) is 4.55. The Labute approximate surface area is 320 Å². The maximum Gasteiger partial charge on any atom is 2.00 e. The van der Waals surface area contributed by atoms with Crippen LogP contribution in [0.4, 0.5) is 0 Å². The number of hydrogen-bond acceptors (Lipinski definition) is 18. The third-order valence-electron chi connectivity index (χ3n) is 6.85. The zero-order valence-electron chi connectivity index (χ0n) is 28.4. The van der Waals surface area contributed by atoms with E-state index in [9.17, 15) is 0 Å². The summed E-state index contributed by atoms with van der Waals surface area (Å²) in [5.41, 5.74) is 3.78. The number of halogens is 2. The van der Waals surface area contributed by atoms with Crippen molar-refractivity contribution in [2.75, 3.05) is 79.0 Å². The molecule has 0 aliphatic carbocycles. The number of aromatic nitrogens is 6. The molecule has 2 aromatic carbocycles. The van der Waals surface area contributed by atoms with E-state index in [1.54, 1.807) is 9.36 Å². The van der Waals surface area contributed by atoms with Gasteiger partial charge in [0.25, 0.3) is 0 Å². The van der Waals surface area contributed by atoms with Crippen LogP contribution in [-0.2, 0) is 49.1 Å². The number of rotatable bonds is 6. The third-order valence-corrected chi connectivity index (χ3v) is 6.85. The SMILES string of the molecule is [Cu+2].[O-][Cl+3]([O-])([O-])[O-].[O-][Cl+3]([O-])([O-])[O-].c1ccc(-n2cc(CN3CCOCCOCCN(Cc4cn(-c5ccccc5)nn4)CCOCCOCC3)nn2)cc1. The van der Waals surface area contributed by atoms with Crippen molar-refractivity contribution in [3.8, 4) is 11.4 Å². The van der Waals surface area contributed by atoms with Crippen LogP contribution in [0.5, 0.6) is 0 Å². The van der Waals surface area contributed by atoms with Crippen molar-refractivity contribution in [3.05, 3.63) is 84.4 Å². The molecule has 0 atom stereocenters. The van der Waals surface area contributed by atoms with Crippen LogP contribution >= 0.6 is 0 Å². The van der Waals surface area contributed by atoms with Crippen molar-refractivity contribution in [1.29, 1.82) is 0 Å². The summed E-state index contributed by atoms with van der Waals surface area (Å²) >= 11 is 0. The van der Waals surface area contributed by atoms with E-state index in [4.69, 9.17) is 56.2 Å². The van der Waals surface area contributed by atoms with Gasteiger partial charge in [0.2, 0.25) is 0 Å². The van der Waals surface area contributed by atoms with Gasteiger partial charge in [-0.1, -0.05) is 46.8 Å². The quantitative estimate of drug-likeness (QED) is 0.163. The van der Waals surface area contributed by atoms with Crippen LogP contribution in [0.2, 0.25) is 0 Å². The normalized spacial score (nSPS) is 16.5. The van der Waals surface area contributed by atoms with E-state index in [0.717, 1.165) is 48.9 Å². The second kappa shape index (κ2) is 25.4. The Kier molecular flexibility index (Phi) is 22.2. The number of ether oxygens (including phenoxy) is 4. The second-order valence-electron chi connectivity index (χ2n) is 10.7. The van der Waals surface area contributed by atoms with Gasteiger partial charge < -0.3 is 18.9 Å². The van der Waals surface area contributed by atoms with Gasteiger partial charge in [0.15, 0.2) is 0 Å². The van der Waals surface area contributed by atoms with Crippen molar-refractivity contribution in [3.63, 3.8) is 0 Å². The van der Waals surface area contributed by atoms with Crippen LogP contribution in [0.1, 0.15) is 11.4 Å². The van der Waals surface area contributed by atoms with Crippen molar-refractivity contribution in [2.45, 2.75) is 13.1 Å². The van der Waals surface area contributed by atoms with E-state index in [1.165, 1.54) is 0 Å². The predicted octanol–water partition coefficient (Wildman–Crippen LogP) is -7.28. The Morgan fingerprint density at radius 1 is 0.472 bits per heavy atom. The summed E-state index contributed by atoms with van der Waals surface area (Å²) in [6, 6.07) is 20.0. The first kappa shape index (κ1) is 46.4. The number of hydrogen-bond donors (Lipinski definition) is 0. The molecule has 1 aliphatic heterocycles. The smallest absolute Gasteiger partial charge is 0.378 e. The molecule has 297 valence electrons. The molecule has 0 unspecified atom stereocenters. The average Bonchev–Trinajstić information content (AvgIpc) is 3.76. The summed E-state index contributed by atoms with van der Waals surface area (Å²) < 4.78 is 95.1. The molecule has 53 heavy (non-hydrogen) atoms. The Hall–Kier alpha value is -2.74.